The van der Waals surface area contributed by atoms with Gasteiger partial charge in [-0.05, 0) is 37.4 Å². The Balaban J connectivity index is 0.00000112. The number of nitrogens with two attached hydrogens (primary N) is 1. The van der Waals surface area contributed by atoms with Crippen molar-refractivity contribution in [2.24, 2.45) is 0 Å². The normalized spacial score (nSPS) is 17.3. The van der Waals surface area contributed by atoms with Gasteiger partial charge in [0.25, 0.3) is 0 Å². The van der Waals surface area contributed by atoms with Crippen LogP contribution in [0.1, 0.15) is 0 Å². The second kappa shape index (κ2) is 6.49. The van der Waals surface area contributed by atoms with E-state index in [2.05, 4.69) is 17.0 Å². The minimum atomic E-state index is 0. The molecule has 3 nitrogen and oxygen atoms in total. The van der Waals surface area contributed by atoms with Crippen LogP contribution in [0.15, 0.2) is 24.3 Å². The van der Waals surface area contributed by atoms with Crippen molar-refractivity contribution in [3.63, 3.8) is 0 Å². The molecule has 1 aliphatic heterocycles. The van der Waals surface area contributed by atoms with Crippen molar-refractivity contribution in [3.8, 4) is 0 Å². The van der Waals surface area contributed by atoms with E-state index in [1.807, 2.05) is 16.4 Å². The molecule has 1 aromatic carbocycles. The molecule has 1 aromatic rings. The molecule has 1 heterocycles. The molecule has 0 saturated carbocycles. The molecule has 0 aromatic heterocycles. The van der Waals surface area contributed by atoms with Gasteiger partial charge < -0.3 is 27.8 Å². The zero-order chi connectivity index (χ0) is 9.97. The van der Waals surface area contributed by atoms with Crippen LogP contribution >= 0.6 is 0 Å². The molecule has 0 bridgehead atoms. The van der Waals surface area contributed by atoms with Crippen LogP contribution in [0.3, 0.4) is 0 Å². The summed E-state index contributed by atoms with van der Waals surface area (Å²) in [5, 5.41) is 0. The molecule has 1 saturated heterocycles. The average Bonchev–Trinajstić information content (AvgIpc) is 2.21. The number of hydrogen-bond acceptors (Lipinski definition) is 4. The summed E-state index contributed by atoms with van der Waals surface area (Å²) in [4.78, 5) is 2.34. The quantitative estimate of drug-likeness (QED) is 0.349. The maximum Gasteiger partial charge on any atom is 1.00 e. The number of rotatable bonds is 1. The van der Waals surface area contributed by atoms with Crippen molar-refractivity contribution in [1.29, 1.82) is 0 Å². The van der Waals surface area contributed by atoms with Gasteiger partial charge in [-0.1, -0.05) is 0 Å². The van der Waals surface area contributed by atoms with E-state index in [0.717, 1.165) is 31.9 Å². The largest absolute Gasteiger partial charge is 1.00 e. The maximum atomic E-state index is 5.63. The fourth-order valence-electron chi connectivity index (χ4n) is 1.63. The Morgan fingerprint density at radius 1 is 1.00 bits per heavy atom. The summed E-state index contributed by atoms with van der Waals surface area (Å²) < 4.78 is 1.94. The zero-order valence-corrected chi connectivity index (χ0v) is 13.0. The molecular weight excluding hydrogens is 233 g/mol. The SMILES string of the molecule is Nc1ccc(N2CCN([S-])CC2)cc1.[K+]. The van der Waals surface area contributed by atoms with Crippen LogP contribution in [0.4, 0.5) is 11.4 Å². The van der Waals surface area contributed by atoms with E-state index in [4.69, 9.17) is 18.5 Å². The van der Waals surface area contributed by atoms with Crippen LogP contribution in [-0.2, 0) is 12.8 Å². The maximum absolute atomic E-state index is 5.63. The van der Waals surface area contributed by atoms with E-state index in [9.17, 15) is 0 Å². The van der Waals surface area contributed by atoms with Crippen LogP contribution in [-0.4, -0.2) is 30.5 Å². The predicted octanol–water partition coefficient (Wildman–Crippen LogP) is -2.14. The van der Waals surface area contributed by atoms with E-state index in [-0.39, 0.29) is 51.4 Å². The van der Waals surface area contributed by atoms with Gasteiger partial charge in [-0.15, -0.1) is 0 Å². The van der Waals surface area contributed by atoms with Gasteiger partial charge in [0.05, 0.1) is 0 Å². The molecule has 0 radical (unpaired) electrons. The predicted molar refractivity (Wildman–Crippen MR) is 62.0 cm³/mol. The molecular formula is C10H14KN3S. The number of nitrogens with zero attached hydrogens (tertiary/aromatic N) is 2. The van der Waals surface area contributed by atoms with Crippen molar-refractivity contribution >= 4 is 24.2 Å². The third kappa shape index (κ3) is 3.92. The first kappa shape index (κ1) is 13.8. The van der Waals surface area contributed by atoms with E-state index in [1.54, 1.807) is 0 Å². The topological polar surface area (TPSA) is 32.5 Å². The van der Waals surface area contributed by atoms with Crippen LogP contribution in [0, 0.1) is 0 Å². The Hall–Kier alpha value is 0.766. The molecule has 0 atom stereocenters. The molecule has 15 heavy (non-hydrogen) atoms. The summed E-state index contributed by atoms with van der Waals surface area (Å²) in [5.41, 5.74) is 7.69. The van der Waals surface area contributed by atoms with Crippen LogP contribution < -0.4 is 62.0 Å². The van der Waals surface area contributed by atoms with Gasteiger partial charge in [0.15, 0.2) is 0 Å². The Morgan fingerprint density at radius 3 is 2.07 bits per heavy atom. The molecule has 76 valence electrons. The van der Waals surface area contributed by atoms with Crippen LogP contribution in [0.5, 0.6) is 0 Å². The average molecular weight is 247 g/mol. The fourth-order valence-corrected chi connectivity index (χ4v) is 1.79. The molecule has 2 N–H and O–H groups in total. The Bertz CT molecular complexity index is 296. The standard InChI is InChI=1S/C10H14N3S.K/c11-9-1-3-10(4-2-9)12-5-7-13(14)8-6-12;/h1-4H,5-8,11H2;/q-1;+1. The van der Waals surface area contributed by atoms with E-state index < -0.39 is 0 Å². The number of anilines is 2. The molecule has 1 aliphatic rings. The first-order valence-corrected chi connectivity index (χ1v) is 5.15. The second-order valence-electron chi connectivity index (χ2n) is 3.51. The first-order chi connectivity index (χ1) is 6.75. The van der Waals surface area contributed by atoms with Gasteiger partial charge in [0.1, 0.15) is 0 Å². The molecule has 0 spiro atoms. The van der Waals surface area contributed by atoms with Gasteiger partial charge in [-0.3, -0.25) is 0 Å². The van der Waals surface area contributed by atoms with Crippen molar-refractivity contribution < 1.29 is 51.4 Å². The summed E-state index contributed by atoms with van der Waals surface area (Å²) in [6.45, 7) is 3.93. The van der Waals surface area contributed by atoms with E-state index in [1.165, 1.54) is 5.69 Å². The number of piperazine rings is 1. The number of nitrogen functional groups attached to an aromatic ring is 1. The van der Waals surface area contributed by atoms with Crippen LogP contribution in [0.25, 0.3) is 0 Å². The minimum absolute atomic E-state index is 0. The third-order valence-corrected chi connectivity index (χ3v) is 2.86. The summed E-state index contributed by atoms with van der Waals surface area (Å²) >= 11 is 5.10. The van der Waals surface area contributed by atoms with Gasteiger partial charge in [0, 0.05) is 24.5 Å². The zero-order valence-electron chi connectivity index (χ0n) is 9.02. The molecule has 5 heteroatoms. The van der Waals surface area contributed by atoms with Crippen molar-refractivity contribution in [3.05, 3.63) is 24.3 Å². The Kier molecular flexibility index (Phi) is 5.98. The molecule has 1 fully saturated rings. The Morgan fingerprint density at radius 2 is 1.53 bits per heavy atom. The number of benzene rings is 1. The molecule has 0 unspecified atom stereocenters. The summed E-state index contributed by atoms with van der Waals surface area (Å²) in [6.07, 6.45) is 0. The fraction of sp³-hybridized carbons (Fsp3) is 0.400. The monoisotopic (exact) mass is 247 g/mol. The Labute approximate surface area is 139 Å². The molecule has 0 amide bonds. The third-order valence-electron chi connectivity index (χ3n) is 2.50. The minimum Gasteiger partial charge on any atom is -0.702 e. The van der Waals surface area contributed by atoms with Crippen molar-refractivity contribution in [1.82, 2.24) is 4.31 Å². The van der Waals surface area contributed by atoms with Gasteiger partial charge in [0.2, 0.25) is 0 Å². The van der Waals surface area contributed by atoms with Gasteiger partial charge in [-0.25, -0.2) is 0 Å². The van der Waals surface area contributed by atoms with Gasteiger partial charge >= 0.3 is 51.4 Å². The summed E-state index contributed by atoms with van der Waals surface area (Å²) in [7, 11) is 0. The molecule has 0 aliphatic carbocycles. The molecule has 2 rings (SSSR count). The summed E-state index contributed by atoms with van der Waals surface area (Å²) in [5.74, 6) is 0. The van der Waals surface area contributed by atoms with Crippen molar-refractivity contribution in [2.75, 3.05) is 36.8 Å². The summed E-state index contributed by atoms with van der Waals surface area (Å²) in [6, 6.07) is 8.01. The van der Waals surface area contributed by atoms with E-state index in [0.29, 0.717) is 0 Å². The van der Waals surface area contributed by atoms with E-state index >= 15 is 0 Å². The smallest absolute Gasteiger partial charge is 0.702 e. The second-order valence-corrected chi connectivity index (χ2v) is 4.02. The van der Waals surface area contributed by atoms with Crippen molar-refractivity contribution in [2.45, 2.75) is 0 Å². The van der Waals surface area contributed by atoms with Gasteiger partial charge in [-0.2, -0.15) is 0 Å². The first-order valence-electron chi connectivity index (χ1n) is 4.78. The van der Waals surface area contributed by atoms with Crippen LogP contribution in [0.2, 0.25) is 0 Å². The number of hydrogen-bond donors (Lipinski definition) is 1.